The van der Waals surface area contributed by atoms with Crippen molar-refractivity contribution in [1.29, 1.82) is 0 Å². The van der Waals surface area contributed by atoms with Crippen molar-refractivity contribution in [3.8, 4) is 17.2 Å². The molecule has 0 fully saturated rings. The Balaban J connectivity index is 1.82. The molecular weight excluding hydrogens is 372 g/mol. The van der Waals surface area contributed by atoms with Gasteiger partial charge in [0, 0.05) is 0 Å². The van der Waals surface area contributed by atoms with Crippen LogP contribution in [0.5, 0.6) is 17.2 Å². The van der Waals surface area contributed by atoms with Gasteiger partial charge in [-0.05, 0) is 89.6 Å². The van der Waals surface area contributed by atoms with E-state index in [1.165, 1.54) is 16.7 Å². The average Bonchev–Trinajstić information content (AvgIpc) is 2.70. The molecule has 0 aromatic heterocycles. The van der Waals surface area contributed by atoms with Gasteiger partial charge in [-0.1, -0.05) is 57.2 Å². The van der Waals surface area contributed by atoms with Gasteiger partial charge >= 0.3 is 0 Å². The van der Waals surface area contributed by atoms with Gasteiger partial charge in [0.05, 0.1) is 0 Å². The van der Waals surface area contributed by atoms with Crippen molar-refractivity contribution in [1.82, 2.24) is 0 Å². The van der Waals surface area contributed by atoms with Crippen LogP contribution in [0.4, 0.5) is 0 Å². The zero-order valence-corrected chi connectivity index (χ0v) is 18.0. The van der Waals surface area contributed by atoms with Crippen LogP contribution in [-0.4, -0.2) is 15.3 Å². The average molecular weight is 405 g/mol. The predicted molar refractivity (Wildman–Crippen MR) is 122 cm³/mol. The minimum atomic E-state index is -0.0681. The van der Waals surface area contributed by atoms with Crippen LogP contribution >= 0.6 is 0 Å². The standard InChI is InChI=1S/C27H32O3/c1-19(16-21-4-10-24(28)11-5-21)17-27(3,23-8-14-26(30)15-9-23)18-20(2)22-6-12-25(29)13-7-22/h4-15,19-20,28-30H,16-18H2,1-3H3. The summed E-state index contributed by atoms with van der Waals surface area (Å²) in [6.45, 7) is 6.82. The Bertz CT molecular complexity index is 929. The van der Waals surface area contributed by atoms with Crippen LogP contribution in [0.15, 0.2) is 72.8 Å². The summed E-state index contributed by atoms with van der Waals surface area (Å²) in [5, 5.41) is 28.9. The van der Waals surface area contributed by atoms with Gasteiger partial charge in [0.2, 0.25) is 0 Å². The molecule has 0 aliphatic heterocycles. The number of rotatable bonds is 8. The minimum absolute atomic E-state index is 0.0681. The van der Waals surface area contributed by atoms with Gasteiger partial charge in [0.15, 0.2) is 0 Å². The first-order chi connectivity index (χ1) is 14.2. The van der Waals surface area contributed by atoms with E-state index in [0.29, 0.717) is 17.6 Å². The summed E-state index contributed by atoms with van der Waals surface area (Å²) in [6, 6.07) is 22.6. The molecule has 3 unspecified atom stereocenters. The molecule has 3 atom stereocenters. The van der Waals surface area contributed by atoms with E-state index in [2.05, 4.69) is 20.8 Å². The van der Waals surface area contributed by atoms with Gasteiger partial charge < -0.3 is 15.3 Å². The molecule has 3 heteroatoms. The molecule has 0 aliphatic rings. The first kappa shape index (κ1) is 21.8. The molecule has 0 spiro atoms. The molecule has 3 aromatic carbocycles. The van der Waals surface area contributed by atoms with Crippen molar-refractivity contribution in [2.75, 3.05) is 0 Å². The Kier molecular flexibility index (Phi) is 6.71. The van der Waals surface area contributed by atoms with Gasteiger partial charge in [-0.15, -0.1) is 0 Å². The first-order valence-electron chi connectivity index (χ1n) is 10.6. The van der Waals surface area contributed by atoms with Gasteiger partial charge in [-0.2, -0.15) is 0 Å². The molecule has 0 amide bonds. The molecule has 0 saturated carbocycles. The van der Waals surface area contributed by atoms with Crippen LogP contribution in [0.1, 0.15) is 56.2 Å². The number of aromatic hydroxyl groups is 3. The lowest BCUT2D eigenvalue weighted by atomic mass is 9.69. The fourth-order valence-corrected chi connectivity index (χ4v) is 4.65. The number of hydrogen-bond donors (Lipinski definition) is 3. The fourth-order valence-electron chi connectivity index (χ4n) is 4.65. The second kappa shape index (κ2) is 9.25. The maximum Gasteiger partial charge on any atom is 0.115 e. The Morgan fingerprint density at radius 3 is 1.67 bits per heavy atom. The summed E-state index contributed by atoms with van der Waals surface area (Å²) < 4.78 is 0. The molecule has 3 rings (SSSR count). The molecule has 0 aliphatic carbocycles. The van der Waals surface area contributed by atoms with Crippen molar-refractivity contribution in [2.45, 2.75) is 51.4 Å². The summed E-state index contributed by atoms with van der Waals surface area (Å²) >= 11 is 0. The third kappa shape index (κ3) is 5.56. The van der Waals surface area contributed by atoms with Crippen molar-refractivity contribution in [3.05, 3.63) is 89.5 Å². The van der Waals surface area contributed by atoms with E-state index < -0.39 is 0 Å². The Labute approximate surface area is 179 Å². The number of benzene rings is 3. The topological polar surface area (TPSA) is 60.7 Å². The molecule has 30 heavy (non-hydrogen) atoms. The molecule has 3 aromatic rings. The van der Waals surface area contributed by atoms with Crippen molar-refractivity contribution >= 4 is 0 Å². The molecule has 3 N–H and O–H groups in total. The van der Waals surface area contributed by atoms with Crippen molar-refractivity contribution in [3.63, 3.8) is 0 Å². The third-order valence-corrected chi connectivity index (χ3v) is 6.10. The molecule has 3 nitrogen and oxygen atoms in total. The van der Waals surface area contributed by atoms with Crippen LogP contribution in [0.2, 0.25) is 0 Å². The van der Waals surface area contributed by atoms with Crippen molar-refractivity contribution in [2.24, 2.45) is 5.92 Å². The molecule has 0 bridgehead atoms. The van der Waals surface area contributed by atoms with Crippen LogP contribution in [0, 0.1) is 5.92 Å². The van der Waals surface area contributed by atoms with E-state index in [1.54, 1.807) is 36.4 Å². The number of phenols is 3. The highest BCUT2D eigenvalue weighted by atomic mass is 16.3. The molecule has 158 valence electrons. The second-order valence-electron chi connectivity index (χ2n) is 8.98. The smallest absolute Gasteiger partial charge is 0.115 e. The normalized spacial score (nSPS) is 15.3. The molecular formula is C27H32O3. The van der Waals surface area contributed by atoms with Gasteiger partial charge in [0.25, 0.3) is 0 Å². The first-order valence-corrected chi connectivity index (χ1v) is 10.6. The maximum atomic E-state index is 9.76. The number of phenolic OH excluding ortho intramolecular Hbond substituents is 3. The summed E-state index contributed by atoms with van der Waals surface area (Å²) in [6.07, 6.45) is 2.91. The van der Waals surface area contributed by atoms with Crippen LogP contribution in [-0.2, 0) is 11.8 Å². The molecule has 0 saturated heterocycles. The summed E-state index contributed by atoms with van der Waals surface area (Å²) in [5.41, 5.74) is 3.59. The Hall–Kier alpha value is -2.94. The van der Waals surface area contributed by atoms with Gasteiger partial charge in [-0.25, -0.2) is 0 Å². The van der Waals surface area contributed by atoms with E-state index in [-0.39, 0.29) is 16.9 Å². The third-order valence-electron chi connectivity index (χ3n) is 6.10. The highest BCUT2D eigenvalue weighted by Crippen LogP contribution is 2.41. The lowest BCUT2D eigenvalue weighted by Gasteiger charge is -2.36. The minimum Gasteiger partial charge on any atom is -0.508 e. The Morgan fingerprint density at radius 1 is 0.667 bits per heavy atom. The maximum absolute atomic E-state index is 9.76. The van der Waals surface area contributed by atoms with E-state index in [0.717, 1.165) is 19.3 Å². The number of hydrogen-bond acceptors (Lipinski definition) is 3. The zero-order valence-electron chi connectivity index (χ0n) is 18.0. The lowest BCUT2D eigenvalue weighted by Crippen LogP contribution is -2.27. The van der Waals surface area contributed by atoms with E-state index in [9.17, 15) is 15.3 Å². The predicted octanol–water partition coefficient (Wildman–Crippen LogP) is 6.52. The quantitative estimate of drug-likeness (QED) is 0.400. The van der Waals surface area contributed by atoms with Gasteiger partial charge in [0.1, 0.15) is 17.2 Å². The molecule has 0 heterocycles. The second-order valence-corrected chi connectivity index (χ2v) is 8.98. The van der Waals surface area contributed by atoms with E-state index in [1.807, 2.05) is 36.4 Å². The van der Waals surface area contributed by atoms with E-state index >= 15 is 0 Å². The van der Waals surface area contributed by atoms with Crippen LogP contribution in [0.25, 0.3) is 0 Å². The largest absolute Gasteiger partial charge is 0.508 e. The molecule has 0 radical (unpaired) electrons. The SMILES string of the molecule is CC(Cc1ccc(O)cc1)CC(C)(CC(C)c1ccc(O)cc1)c1ccc(O)cc1. The van der Waals surface area contributed by atoms with Crippen LogP contribution < -0.4 is 0 Å². The van der Waals surface area contributed by atoms with Gasteiger partial charge in [-0.3, -0.25) is 0 Å². The summed E-state index contributed by atoms with van der Waals surface area (Å²) in [4.78, 5) is 0. The van der Waals surface area contributed by atoms with Crippen LogP contribution in [0.3, 0.4) is 0 Å². The van der Waals surface area contributed by atoms with E-state index in [4.69, 9.17) is 0 Å². The highest BCUT2D eigenvalue weighted by Gasteiger charge is 2.31. The zero-order chi connectivity index (χ0) is 21.7. The lowest BCUT2D eigenvalue weighted by molar-refractivity contribution is 0.313. The summed E-state index contributed by atoms with van der Waals surface area (Å²) in [7, 11) is 0. The monoisotopic (exact) mass is 404 g/mol. The fraction of sp³-hybridized carbons (Fsp3) is 0.333. The highest BCUT2D eigenvalue weighted by molar-refractivity contribution is 5.34. The van der Waals surface area contributed by atoms with Crippen molar-refractivity contribution < 1.29 is 15.3 Å². The Morgan fingerprint density at radius 2 is 1.13 bits per heavy atom. The summed E-state index contributed by atoms with van der Waals surface area (Å²) in [5.74, 6) is 1.63.